The molecule has 94 valence electrons. The maximum atomic E-state index is 11.9. The lowest BCUT2D eigenvalue weighted by Gasteiger charge is -2.02. The molecule has 0 radical (unpaired) electrons. The van der Waals surface area contributed by atoms with Crippen molar-refractivity contribution in [3.8, 4) is 0 Å². The maximum Gasteiger partial charge on any atom is 0.305 e. The van der Waals surface area contributed by atoms with Crippen molar-refractivity contribution >= 4 is 28.2 Å². The van der Waals surface area contributed by atoms with Crippen LogP contribution in [0.15, 0.2) is 22.6 Å². The van der Waals surface area contributed by atoms with Gasteiger partial charge in [-0.1, -0.05) is 0 Å². The summed E-state index contributed by atoms with van der Waals surface area (Å²) < 4.78 is 1.27. The molecule has 1 amide bonds. The summed E-state index contributed by atoms with van der Waals surface area (Å²) in [6, 6.07) is 0. The van der Waals surface area contributed by atoms with Crippen LogP contribution in [0.3, 0.4) is 0 Å². The highest BCUT2D eigenvalue weighted by atomic mass is 32.1. The molecule has 0 saturated heterocycles. The highest BCUT2D eigenvalue weighted by molar-refractivity contribution is 7.15. The van der Waals surface area contributed by atoms with Crippen molar-refractivity contribution in [2.24, 2.45) is 0 Å². The maximum absolute atomic E-state index is 11.9. The van der Waals surface area contributed by atoms with E-state index in [1.165, 1.54) is 28.1 Å². The van der Waals surface area contributed by atoms with E-state index < -0.39 is 17.4 Å². The lowest BCUT2D eigenvalue weighted by atomic mass is 10.3. The molecule has 2 N–H and O–H groups in total. The molecule has 2 aromatic heterocycles. The minimum atomic E-state index is -1.02. The van der Waals surface area contributed by atoms with Crippen LogP contribution < -0.4 is 10.9 Å². The fourth-order valence-electron chi connectivity index (χ4n) is 1.36. The predicted octanol–water partition coefficient (Wildman–Crippen LogP) is -0.0395. The first-order valence-corrected chi connectivity index (χ1v) is 5.92. The number of fused-ring (bicyclic) bond motifs is 1. The van der Waals surface area contributed by atoms with Gasteiger partial charge < -0.3 is 10.4 Å². The van der Waals surface area contributed by atoms with E-state index in [2.05, 4.69) is 10.3 Å². The van der Waals surface area contributed by atoms with Crippen molar-refractivity contribution in [3.05, 3.63) is 33.7 Å². The van der Waals surface area contributed by atoms with Crippen molar-refractivity contribution in [1.29, 1.82) is 0 Å². The van der Waals surface area contributed by atoms with Crippen molar-refractivity contribution in [2.45, 2.75) is 6.42 Å². The molecule has 0 spiro atoms. The number of aromatic nitrogens is 2. The first-order valence-electron chi connectivity index (χ1n) is 5.04. The molecule has 2 rings (SSSR count). The average Bonchev–Trinajstić information content (AvgIpc) is 2.77. The molecule has 7 nitrogen and oxygen atoms in total. The van der Waals surface area contributed by atoms with Crippen LogP contribution in [0.5, 0.6) is 0 Å². The molecule has 0 aliphatic carbocycles. The highest BCUT2D eigenvalue weighted by Crippen LogP contribution is 2.05. The molecule has 2 heterocycles. The van der Waals surface area contributed by atoms with Crippen LogP contribution in [-0.2, 0) is 4.79 Å². The molecule has 0 saturated carbocycles. The Morgan fingerprint density at radius 3 is 3.00 bits per heavy atom. The fourth-order valence-corrected chi connectivity index (χ4v) is 2.03. The van der Waals surface area contributed by atoms with Gasteiger partial charge in [-0.3, -0.25) is 18.8 Å². The summed E-state index contributed by atoms with van der Waals surface area (Å²) >= 11 is 1.29. The molecule has 8 heteroatoms. The lowest BCUT2D eigenvalue weighted by Crippen LogP contribution is -2.32. The zero-order chi connectivity index (χ0) is 13.1. The second kappa shape index (κ2) is 4.96. The number of aliphatic carboxylic acids is 1. The van der Waals surface area contributed by atoms with Crippen molar-refractivity contribution < 1.29 is 14.7 Å². The second-order valence-electron chi connectivity index (χ2n) is 3.43. The smallest absolute Gasteiger partial charge is 0.305 e. The van der Waals surface area contributed by atoms with Crippen LogP contribution in [0, 0.1) is 0 Å². The number of thiazole rings is 1. The molecule has 0 atom stereocenters. The SMILES string of the molecule is O=C(O)CCNC(=O)c1cnc2sccn2c1=O. The summed E-state index contributed by atoms with van der Waals surface area (Å²) in [5.41, 5.74) is -0.564. The van der Waals surface area contributed by atoms with Crippen LogP contribution in [0.1, 0.15) is 16.8 Å². The van der Waals surface area contributed by atoms with Gasteiger partial charge in [-0.25, -0.2) is 4.98 Å². The van der Waals surface area contributed by atoms with Gasteiger partial charge in [0.15, 0.2) is 4.96 Å². The molecular formula is C10H9N3O4S. The van der Waals surface area contributed by atoms with Gasteiger partial charge in [0.05, 0.1) is 6.42 Å². The molecule has 0 fully saturated rings. The number of carboxylic acid groups (broad SMARTS) is 1. The number of carboxylic acids is 1. The molecule has 0 aliphatic heterocycles. The Bertz CT molecular complexity index is 660. The molecular weight excluding hydrogens is 258 g/mol. The number of amides is 1. The number of hydrogen-bond donors (Lipinski definition) is 2. The molecule has 0 unspecified atom stereocenters. The van der Waals surface area contributed by atoms with E-state index in [0.29, 0.717) is 4.96 Å². The van der Waals surface area contributed by atoms with E-state index in [0.717, 1.165) is 0 Å². The van der Waals surface area contributed by atoms with Gasteiger partial charge in [-0.2, -0.15) is 0 Å². The zero-order valence-electron chi connectivity index (χ0n) is 9.12. The van der Waals surface area contributed by atoms with E-state index >= 15 is 0 Å². The number of rotatable bonds is 4. The van der Waals surface area contributed by atoms with Crippen LogP contribution in [-0.4, -0.2) is 32.9 Å². The van der Waals surface area contributed by atoms with Gasteiger partial charge in [-0.05, 0) is 0 Å². The molecule has 2 aromatic rings. The van der Waals surface area contributed by atoms with Gasteiger partial charge in [0.25, 0.3) is 11.5 Å². The Labute approximate surface area is 105 Å². The molecule has 0 bridgehead atoms. The number of nitrogens with one attached hydrogen (secondary N) is 1. The van der Waals surface area contributed by atoms with Gasteiger partial charge in [0.2, 0.25) is 0 Å². The van der Waals surface area contributed by atoms with Crippen LogP contribution >= 0.6 is 11.3 Å². The summed E-state index contributed by atoms with van der Waals surface area (Å²) in [4.78, 5) is 38.3. The first kappa shape index (κ1) is 12.2. The van der Waals surface area contributed by atoms with Gasteiger partial charge in [-0.15, -0.1) is 11.3 Å². The van der Waals surface area contributed by atoms with E-state index in [1.807, 2.05) is 0 Å². The number of carbonyl (C=O) groups is 2. The van der Waals surface area contributed by atoms with Crippen LogP contribution in [0.4, 0.5) is 0 Å². The predicted molar refractivity (Wildman–Crippen MR) is 63.9 cm³/mol. The Morgan fingerprint density at radius 1 is 1.50 bits per heavy atom. The lowest BCUT2D eigenvalue weighted by molar-refractivity contribution is -0.136. The minimum Gasteiger partial charge on any atom is -0.481 e. The summed E-state index contributed by atoms with van der Waals surface area (Å²) in [5, 5.41) is 12.5. The van der Waals surface area contributed by atoms with Crippen molar-refractivity contribution in [3.63, 3.8) is 0 Å². The molecule has 0 aromatic carbocycles. The van der Waals surface area contributed by atoms with Crippen LogP contribution in [0.25, 0.3) is 4.96 Å². The van der Waals surface area contributed by atoms with Gasteiger partial charge in [0.1, 0.15) is 5.56 Å². The van der Waals surface area contributed by atoms with Crippen LogP contribution in [0.2, 0.25) is 0 Å². The summed E-state index contributed by atoms with van der Waals surface area (Å²) in [6.07, 6.45) is 2.54. The summed E-state index contributed by atoms with van der Waals surface area (Å²) in [7, 11) is 0. The highest BCUT2D eigenvalue weighted by Gasteiger charge is 2.13. The molecule has 0 aliphatic rings. The van der Waals surface area contributed by atoms with E-state index in [9.17, 15) is 14.4 Å². The molecule has 18 heavy (non-hydrogen) atoms. The number of carbonyl (C=O) groups excluding carboxylic acids is 1. The van der Waals surface area contributed by atoms with Crippen molar-refractivity contribution in [1.82, 2.24) is 14.7 Å². The average molecular weight is 267 g/mol. The van der Waals surface area contributed by atoms with Crippen molar-refractivity contribution in [2.75, 3.05) is 6.54 Å². The van der Waals surface area contributed by atoms with Gasteiger partial charge >= 0.3 is 5.97 Å². The summed E-state index contributed by atoms with van der Waals surface area (Å²) in [6.45, 7) is -0.0278. The Balaban J connectivity index is 2.20. The monoisotopic (exact) mass is 267 g/mol. The number of hydrogen-bond acceptors (Lipinski definition) is 5. The Morgan fingerprint density at radius 2 is 2.28 bits per heavy atom. The van der Waals surface area contributed by atoms with Gasteiger partial charge in [0, 0.05) is 24.3 Å². The third kappa shape index (κ3) is 2.38. The Hall–Kier alpha value is -2.22. The number of nitrogens with zero attached hydrogens (tertiary/aromatic N) is 2. The van der Waals surface area contributed by atoms with E-state index in [4.69, 9.17) is 5.11 Å². The third-order valence-corrected chi connectivity index (χ3v) is 2.98. The second-order valence-corrected chi connectivity index (χ2v) is 4.31. The minimum absolute atomic E-state index is 0.0278. The topological polar surface area (TPSA) is 101 Å². The summed E-state index contributed by atoms with van der Waals surface area (Å²) in [5.74, 6) is -1.63. The quantitative estimate of drug-likeness (QED) is 0.809. The normalized spacial score (nSPS) is 10.4. The van der Waals surface area contributed by atoms with E-state index in [-0.39, 0.29) is 18.5 Å². The Kier molecular flexibility index (Phi) is 3.38. The standard InChI is InChI=1S/C10H9N3O4S/c14-7(15)1-2-11-8(16)6-5-12-10-13(9(6)17)3-4-18-10/h3-5H,1-2H2,(H,11,16)(H,14,15). The van der Waals surface area contributed by atoms with E-state index in [1.54, 1.807) is 5.38 Å². The zero-order valence-corrected chi connectivity index (χ0v) is 9.94. The largest absolute Gasteiger partial charge is 0.481 e. The first-order chi connectivity index (χ1) is 8.59. The third-order valence-electron chi connectivity index (χ3n) is 2.21. The fraction of sp³-hybridized carbons (Fsp3) is 0.200.